The molecule has 0 saturated carbocycles. The molecule has 3 rings (SSSR count). The van der Waals surface area contributed by atoms with Crippen LogP contribution in [0.4, 0.5) is 5.69 Å². The first-order valence-electron chi connectivity index (χ1n) is 12.0. The van der Waals surface area contributed by atoms with Crippen molar-refractivity contribution in [1.29, 1.82) is 0 Å². The van der Waals surface area contributed by atoms with E-state index in [0.29, 0.717) is 54.2 Å². The molecule has 13 nitrogen and oxygen atoms in total. The number of nitrogens with one attached hydrogen (secondary N) is 1. The van der Waals surface area contributed by atoms with Gasteiger partial charge in [0.2, 0.25) is 5.91 Å². The molecule has 1 saturated heterocycles. The summed E-state index contributed by atoms with van der Waals surface area (Å²) in [6.07, 6.45) is 1.01. The Morgan fingerprint density at radius 1 is 0.897 bits per heavy atom. The van der Waals surface area contributed by atoms with Gasteiger partial charge >= 0.3 is 11.9 Å². The fraction of sp³-hybridized carbons (Fsp3) is 0.346. The number of amides is 3. The van der Waals surface area contributed by atoms with Crippen LogP contribution in [0.3, 0.4) is 0 Å². The number of carboxylic acids is 2. The van der Waals surface area contributed by atoms with Gasteiger partial charge in [0.25, 0.3) is 11.8 Å². The van der Waals surface area contributed by atoms with E-state index in [1.807, 2.05) is 4.90 Å². The van der Waals surface area contributed by atoms with Gasteiger partial charge in [-0.15, -0.1) is 0 Å². The van der Waals surface area contributed by atoms with Crippen LogP contribution in [0.2, 0.25) is 0 Å². The van der Waals surface area contributed by atoms with Crippen LogP contribution in [0.15, 0.2) is 42.5 Å². The molecule has 0 unspecified atom stereocenters. The van der Waals surface area contributed by atoms with Crippen LogP contribution in [0.25, 0.3) is 0 Å². The maximum Gasteiger partial charge on any atom is 0.414 e. The van der Waals surface area contributed by atoms with Crippen molar-refractivity contribution < 1.29 is 43.7 Å². The largest absolute Gasteiger partial charge is 0.493 e. The van der Waals surface area contributed by atoms with Gasteiger partial charge in [-0.2, -0.15) is 0 Å². The lowest BCUT2D eigenvalue weighted by molar-refractivity contribution is -0.159. The first-order valence-corrected chi connectivity index (χ1v) is 12.0. The zero-order valence-corrected chi connectivity index (χ0v) is 21.7. The van der Waals surface area contributed by atoms with Crippen LogP contribution in [-0.4, -0.2) is 96.6 Å². The van der Waals surface area contributed by atoms with E-state index in [4.69, 9.17) is 35.0 Å². The topological polar surface area (TPSA) is 189 Å². The number of benzene rings is 2. The van der Waals surface area contributed by atoms with E-state index in [0.717, 1.165) is 19.6 Å². The Morgan fingerprint density at radius 2 is 1.51 bits per heavy atom. The molecule has 210 valence electrons. The molecule has 0 spiro atoms. The van der Waals surface area contributed by atoms with E-state index in [1.54, 1.807) is 56.7 Å². The zero-order valence-electron chi connectivity index (χ0n) is 21.7. The second-order valence-corrected chi connectivity index (χ2v) is 8.38. The highest BCUT2D eigenvalue weighted by molar-refractivity contribution is 6.27. The number of rotatable bonds is 9. The Balaban J connectivity index is 0.000000798. The molecule has 13 heteroatoms. The van der Waals surface area contributed by atoms with Gasteiger partial charge in [-0.05, 0) is 43.3 Å². The van der Waals surface area contributed by atoms with Gasteiger partial charge in [-0.25, -0.2) is 9.59 Å². The lowest BCUT2D eigenvalue weighted by atomic mass is 10.1. The predicted molar refractivity (Wildman–Crippen MR) is 140 cm³/mol. The average molecular weight is 545 g/mol. The predicted octanol–water partition coefficient (Wildman–Crippen LogP) is 1.14. The Bertz CT molecular complexity index is 1180. The first-order chi connectivity index (χ1) is 18.6. The summed E-state index contributed by atoms with van der Waals surface area (Å²) in [5.74, 6) is -3.31. The molecule has 0 bridgehead atoms. The molecule has 1 fully saturated rings. The van der Waals surface area contributed by atoms with Crippen LogP contribution < -0.4 is 20.5 Å². The average Bonchev–Trinajstić information content (AvgIpc) is 2.93. The number of hydrogen-bond donors (Lipinski definition) is 4. The van der Waals surface area contributed by atoms with Gasteiger partial charge in [-0.1, -0.05) is 12.1 Å². The van der Waals surface area contributed by atoms with E-state index in [1.165, 1.54) is 0 Å². The number of nitrogens with zero attached hydrogens (tertiary/aromatic N) is 2. The highest BCUT2D eigenvalue weighted by atomic mass is 16.5. The molecule has 39 heavy (non-hydrogen) atoms. The number of para-hydroxylation sites is 1. The molecule has 2 aromatic rings. The Kier molecular flexibility index (Phi) is 11.7. The van der Waals surface area contributed by atoms with E-state index in [2.05, 4.69) is 10.2 Å². The molecule has 3 amide bonds. The highest BCUT2D eigenvalue weighted by Gasteiger charge is 2.23. The summed E-state index contributed by atoms with van der Waals surface area (Å²) in [5.41, 5.74) is 6.63. The molecule has 1 aliphatic rings. The summed E-state index contributed by atoms with van der Waals surface area (Å²) in [6, 6.07) is 11.9. The van der Waals surface area contributed by atoms with Crippen molar-refractivity contribution >= 4 is 35.3 Å². The number of primary amides is 1. The first kappa shape index (κ1) is 30.6. The van der Waals surface area contributed by atoms with Crippen molar-refractivity contribution in [3.63, 3.8) is 0 Å². The van der Waals surface area contributed by atoms with Crippen molar-refractivity contribution in [1.82, 2.24) is 9.80 Å². The zero-order chi connectivity index (χ0) is 28.9. The van der Waals surface area contributed by atoms with E-state index in [9.17, 15) is 14.4 Å². The Morgan fingerprint density at radius 3 is 2.08 bits per heavy atom. The minimum absolute atomic E-state index is 0.0388. The third-order valence-corrected chi connectivity index (χ3v) is 5.82. The van der Waals surface area contributed by atoms with Crippen molar-refractivity contribution in [2.75, 3.05) is 52.3 Å². The van der Waals surface area contributed by atoms with E-state index >= 15 is 0 Å². The summed E-state index contributed by atoms with van der Waals surface area (Å²) in [7, 11) is 3.10. The number of carboxylic acid groups (broad SMARTS) is 2. The van der Waals surface area contributed by atoms with Crippen LogP contribution in [0.1, 0.15) is 33.6 Å². The fourth-order valence-corrected chi connectivity index (χ4v) is 3.81. The molecule has 1 aliphatic heterocycles. The van der Waals surface area contributed by atoms with Gasteiger partial charge in [0.05, 0.1) is 25.5 Å². The van der Waals surface area contributed by atoms with Crippen LogP contribution in [-0.2, 0) is 14.4 Å². The Hall–Kier alpha value is -4.65. The minimum Gasteiger partial charge on any atom is -0.493 e. The van der Waals surface area contributed by atoms with Gasteiger partial charge in [0.15, 0.2) is 11.5 Å². The molecule has 0 atom stereocenters. The van der Waals surface area contributed by atoms with Crippen molar-refractivity contribution in [3.8, 4) is 11.5 Å². The van der Waals surface area contributed by atoms with Gasteiger partial charge in [-0.3, -0.25) is 19.3 Å². The molecular formula is C26H32N4O9. The second kappa shape index (κ2) is 14.9. The summed E-state index contributed by atoms with van der Waals surface area (Å²) in [4.78, 5) is 58.9. The van der Waals surface area contributed by atoms with Crippen molar-refractivity contribution in [2.45, 2.75) is 12.8 Å². The SMILES string of the molecule is COc1ccc(C(=O)N2CCN(CCCC(=O)Nc3ccccc3C(N)=O)CC2)cc1OC.O=C(O)C(=O)O. The number of methoxy groups -OCH3 is 2. The summed E-state index contributed by atoms with van der Waals surface area (Å²) >= 11 is 0. The number of aliphatic carboxylic acids is 2. The standard InChI is InChI=1S/C24H30N4O5.C2H2O4/c1-32-20-10-9-17(16-21(20)33-2)24(31)28-14-12-27(13-15-28)11-5-8-22(29)26-19-7-4-3-6-18(19)23(25)30;3-1(4)2(5)6/h3-4,6-7,9-10,16H,5,8,11-15H2,1-2H3,(H2,25,30)(H,26,29);(H,3,4)(H,5,6). The summed E-state index contributed by atoms with van der Waals surface area (Å²) < 4.78 is 10.5. The third kappa shape index (κ3) is 9.31. The summed E-state index contributed by atoms with van der Waals surface area (Å²) in [5, 5.41) is 17.5. The van der Waals surface area contributed by atoms with Crippen LogP contribution in [0.5, 0.6) is 11.5 Å². The number of nitrogens with two attached hydrogens (primary N) is 1. The van der Waals surface area contributed by atoms with Crippen molar-refractivity contribution in [3.05, 3.63) is 53.6 Å². The third-order valence-electron chi connectivity index (χ3n) is 5.82. The molecule has 5 N–H and O–H groups in total. The normalized spacial score (nSPS) is 12.9. The molecule has 0 aliphatic carbocycles. The van der Waals surface area contributed by atoms with Gasteiger partial charge in [0, 0.05) is 38.2 Å². The van der Waals surface area contributed by atoms with E-state index < -0.39 is 17.8 Å². The van der Waals surface area contributed by atoms with Crippen molar-refractivity contribution in [2.24, 2.45) is 5.73 Å². The molecule has 0 aromatic heterocycles. The van der Waals surface area contributed by atoms with Gasteiger partial charge in [0.1, 0.15) is 0 Å². The number of hydrogen-bond acceptors (Lipinski definition) is 8. The Labute approximate surface area is 225 Å². The monoisotopic (exact) mass is 544 g/mol. The number of carbonyl (C=O) groups is 5. The minimum atomic E-state index is -1.82. The van der Waals surface area contributed by atoms with Crippen LogP contribution >= 0.6 is 0 Å². The number of ether oxygens (including phenoxy) is 2. The highest BCUT2D eigenvalue weighted by Crippen LogP contribution is 2.28. The molecule has 1 heterocycles. The smallest absolute Gasteiger partial charge is 0.414 e. The van der Waals surface area contributed by atoms with Crippen LogP contribution in [0, 0.1) is 0 Å². The molecular weight excluding hydrogens is 512 g/mol. The van der Waals surface area contributed by atoms with Gasteiger partial charge < -0.3 is 35.6 Å². The molecule has 0 radical (unpaired) electrons. The van der Waals surface area contributed by atoms with E-state index in [-0.39, 0.29) is 11.8 Å². The second-order valence-electron chi connectivity index (χ2n) is 8.38. The number of anilines is 1. The summed E-state index contributed by atoms with van der Waals surface area (Å²) in [6.45, 7) is 3.47. The molecule has 2 aromatic carbocycles. The number of piperazine rings is 1. The number of carbonyl (C=O) groups excluding carboxylic acids is 3. The maximum atomic E-state index is 12.9. The fourth-order valence-electron chi connectivity index (χ4n) is 3.81. The maximum absolute atomic E-state index is 12.9. The lowest BCUT2D eigenvalue weighted by Crippen LogP contribution is -2.48. The lowest BCUT2D eigenvalue weighted by Gasteiger charge is -2.34. The quantitative estimate of drug-likeness (QED) is 0.333.